The number of carboxylic acid groups (broad SMARTS) is 1. The van der Waals surface area contributed by atoms with Crippen molar-refractivity contribution in [1.82, 2.24) is 0 Å². The molecule has 0 amide bonds. The van der Waals surface area contributed by atoms with Crippen molar-refractivity contribution >= 4 is 15.0 Å². The van der Waals surface area contributed by atoms with Gasteiger partial charge in [-0.05, 0) is 0 Å². The van der Waals surface area contributed by atoms with Crippen LogP contribution in [0.5, 0.6) is 0 Å². The molecule has 0 aromatic heterocycles. The first-order valence-corrected chi connectivity index (χ1v) is 6.65. The minimum atomic E-state index is -2.81. The number of carboxylic acids is 1. The standard InChI is InChI=1S/C6H14O4Si.C4H8O2/c1-5-6-10-11(7-2,8-3)9-4;1-3(2)4(5)6/h5H,1,6H2,2-4H3;3H,1-2H3,(H,5,6). The molecule has 1 N–H and O–H groups in total. The molecule has 0 aliphatic carbocycles. The maximum atomic E-state index is 9.70. The molecule has 0 aliphatic rings. The van der Waals surface area contributed by atoms with E-state index in [0.717, 1.165) is 0 Å². The summed E-state index contributed by atoms with van der Waals surface area (Å²) in [6.45, 7) is 7.14. The molecule has 0 bridgehead atoms. The highest BCUT2D eigenvalue weighted by Crippen LogP contribution is 2.06. The fraction of sp³-hybridized carbons (Fsp3) is 0.700. The second kappa shape index (κ2) is 10.4. The molecule has 0 saturated heterocycles. The summed E-state index contributed by atoms with van der Waals surface area (Å²) >= 11 is 0. The molecular formula is C10H22O6Si. The molecule has 0 saturated carbocycles. The average molecular weight is 266 g/mol. The lowest BCUT2D eigenvalue weighted by atomic mass is 10.2. The van der Waals surface area contributed by atoms with Crippen LogP contribution in [0.2, 0.25) is 0 Å². The molecule has 0 aliphatic heterocycles. The van der Waals surface area contributed by atoms with Crippen LogP contribution in [0.1, 0.15) is 13.8 Å². The predicted molar refractivity (Wildman–Crippen MR) is 65.4 cm³/mol. The van der Waals surface area contributed by atoms with E-state index in [4.69, 9.17) is 22.8 Å². The summed E-state index contributed by atoms with van der Waals surface area (Å²) in [4.78, 5) is 9.70. The number of carbonyl (C=O) groups is 1. The van der Waals surface area contributed by atoms with Crippen LogP contribution in [0.3, 0.4) is 0 Å². The Morgan fingerprint density at radius 3 is 1.82 bits per heavy atom. The summed E-state index contributed by atoms with van der Waals surface area (Å²) in [7, 11) is 1.66. The van der Waals surface area contributed by atoms with E-state index in [1.807, 2.05) is 0 Å². The second-order valence-electron chi connectivity index (χ2n) is 3.20. The van der Waals surface area contributed by atoms with Gasteiger partial charge in [0.2, 0.25) is 0 Å². The van der Waals surface area contributed by atoms with Gasteiger partial charge < -0.3 is 22.8 Å². The first-order valence-electron chi connectivity index (χ1n) is 5.02. The zero-order chi connectivity index (χ0) is 13.9. The summed E-state index contributed by atoms with van der Waals surface area (Å²) in [6, 6.07) is 0. The summed E-state index contributed by atoms with van der Waals surface area (Å²) in [6.07, 6.45) is 1.61. The smallest absolute Gasteiger partial charge is 0.481 e. The van der Waals surface area contributed by atoms with Gasteiger partial charge in [0.15, 0.2) is 0 Å². The lowest BCUT2D eigenvalue weighted by Gasteiger charge is -2.21. The zero-order valence-electron chi connectivity index (χ0n) is 11.1. The quantitative estimate of drug-likeness (QED) is 0.553. The number of rotatable bonds is 7. The van der Waals surface area contributed by atoms with E-state index < -0.39 is 15.0 Å². The van der Waals surface area contributed by atoms with Crippen LogP contribution in [-0.4, -0.2) is 48.1 Å². The van der Waals surface area contributed by atoms with Gasteiger partial charge >= 0.3 is 15.0 Å². The van der Waals surface area contributed by atoms with Crippen LogP contribution in [0.15, 0.2) is 12.7 Å². The van der Waals surface area contributed by atoms with Crippen molar-refractivity contribution in [2.24, 2.45) is 5.92 Å². The molecule has 0 aromatic rings. The highest BCUT2D eigenvalue weighted by molar-refractivity contribution is 6.53. The molecule has 0 radical (unpaired) electrons. The molecule has 0 aromatic carbocycles. The monoisotopic (exact) mass is 266 g/mol. The Morgan fingerprint density at radius 2 is 1.65 bits per heavy atom. The molecule has 7 heteroatoms. The highest BCUT2D eigenvalue weighted by atomic mass is 28.4. The van der Waals surface area contributed by atoms with Crippen LogP contribution < -0.4 is 0 Å². The Labute approximate surface area is 104 Å². The van der Waals surface area contributed by atoms with Gasteiger partial charge in [-0.1, -0.05) is 19.9 Å². The SMILES string of the molecule is C=CCO[Si](OC)(OC)OC.CC(C)C(=O)O. The highest BCUT2D eigenvalue weighted by Gasteiger charge is 2.41. The second-order valence-corrected chi connectivity index (χ2v) is 5.72. The lowest BCUT2D eigenvalue weighted by Crippen LogP contribution is -2.46. The van der Waals surface area contributed by atoms with E-state index in [2.05, 4.69) is 6.58 Å². The van der Waals surface area contributed by atoms with Gasteiger partial charge in [0.1, 0.15) is 0 Å². The van der Waals surface area contributed by atoms with Gasteiger partial charge in [0.05, 0.1) is 12.5 Å². The number of hydrogen-bond acceptors (Lipinski definition) is 5. The summed E-state index contributed by atoms with van der Waals surface area (Å²) < 4.78 is 20.1. The van der Waals surface area contributed by atoms with Crippen LogP contribution in [0.4, 0.5) is 0 Å². The molecule has 0 rings (SSSR count). The van der Waals surface area contributed by atoms with Crippen molar-refractivity contribution in [3.8, 4) is 0 Å². The van der Waals surface area contributed by atoms with Crippen molar-refractivity contribution < 1.29 is 27.6 Å². The topological polar surface area (TPSA) is 74.2 Å². The Balaban J connectivity index is 0. The fourth-order valence-corrected chi connectivity index (χ4v) is 1.76. The fourth-order valence-electron chi connectivity index (χ4n) is 0.588. The van der Waals surface area contributed by atoms with E-state index in [-0.39, 0.29) is 5.92 Å². The number of aliphatic carboxylic acids is 1. The molecule has 17 heavy (non-hydrogen) atoms. The summed E-state index contributed by atoms with van der Waals surface area (Å²) in [5, 5.41) is 7.99. The largest absolute Gasteiger partial charge is 0.679 e. The van der Waals surface area contributed by atoms with E-state index in [1.54, 1.807) is 19.9 Å². The minimum Gasteiger partial charge on any atom is -0.481 e. The van der Waals surface area contributed by atoms with Crippen molar-refractivity contribution in [2.75, 3.05) is 27.9 Å². The third-order valence-electron chi connectivity index (χ3n) is 1.62. The van der Waals surface area contributed by atoms with Gasteiger partial charge in [-0.2, -0.15) is 0 Å². The van der Waals surface area contributed by atoms with Crippen molar-refractivity contribution in [2.45, 2.75) is 13.8 Å². The van der Waals surface area contributed by atoms with Gasteiger partial charge in [0, 0.05) is 21.3 Å². The third kappa shape index (κ3) is 9.01. The van der Waals surface area contributed by atoms with E-state index >= 15 is 0 Å². The van der Waals surface area contributed by atoms with Gasteiger partial charge in [0.25, 0.3) is 0 Å². The Bertz CT molecular complexity index is 207. The predicted octanol–water partition coefficient (Wildman–Crippen LogP) is 1.29. The normalized spacial score (nSPS) is 10.7. The maximum absolute atomic E-state index is 9.70. The Kier molecular flexibility index (Phi) is 11.4. The molecule has 6 nitrogen and oxygen atoms in total. The zero-order valence-corrected chi connectivity index (χ0v) is 12.1. The first-order chi connectivity index (χ1) is 7.89. The third-order valence-corrected chi connectivity index (χ3v) is 3.64. The molecular weight excluding hydrogens is 244 g/mol. The summed E-state index contributed by atoms with van der Waals surface area (Å²) in [5.41, 5.74) is 0. The van der Waals surface area contributed by atoms with Crippen molar-refractivity contribution in [3.63, 3.8) is 0 Å². The van der Waals surface area contributed by atoms with Gasteiger partial charge in [-0.3, -0.25) is 4.79 Å². The van der Waals surface area contributed by atoms with Crippen molar-refractivity contribution in [1.29, 1.82) is 0 Å². The maximum Gasteiger partial charge on any atom is 0.679 e. The minimum absolute atomic E-state index is 0.231. The Morgan fingerprint density at radius 1 is 1.29 bits per heavy atom. The molecule has 102 valence electrons. The van der Waals surface area contributed by atoms with E-state index in [0.29, 0.717) is 6.61 Å². The first kappa shape index (κ1) is 18.6. The van der Waals surface area contributed by atoms with Crippen LogP contribution >= 0.6 is 0 Å². The Hall–Kier alpha value is -0.733. The van der Waals surface area contributed by atoms with E-state index in [9.17, 15) is 4.79 Å². The molecule has 0 atom stereocenters. The number of hydrogen-bond donors (Lipinski definition) is 1. The van der Waals surface area contributed by atoms with Crippen molar-refractivity contribution in [3.05, 3.63) is 12.7 Å². The van der Waals surface area contributed by atoms with Gasteiger partial charge in [-0.15, -0.1) is 6.58 Å². The van der Waals surface area contributed by atoms with Gasteiger partial charge in [-0.25, -0.2) is 0 Å². The molecule has 0 unspecified atom stereocenters. The van der Waals surface area contributed by atoms with Crippen LogP contribution in [-0.2, 0) is 22.5 Å². The molecule has 0 spiro atoms. The molecule has 0 fully saturated rings. The van der Waals surface area contributed by atoms with E-state index in [1.165, 1.54) is 21.3 Å². The average Bonchev–Trinajstić information content (AvgIpc) is 2.32. The van der Waals surface area contributed by atoms with Crippen LogP contribution in [0, 0.1) is 5.92 Å². The van der Waals surface area contributed by atoms with Crippen LogP contribution in [0.25, 0.3) is 0 Å². The summed E-state index contributed by atoms with van der Waals surface area (Å²) in [5.74, 6) is -0.972. The molecule has 0 heterocycles. The lowest BCUT2D eigenvalue weighted by molar-refractivity contribution is -0.140.